The van der Waals surface area contributed by atoms with E-state index in [1.165, 1.54) is 25.7 Å². The van der Waals surface area contributed by atoms with E-state index >= 15 is 0 Å². The van der Waals surface area contributed by atoms with Gasteiger partial charge in [-0.3, -0.25) is 0 Å². The summed E-state index contributed by atoms with van der Waals surface area (Å²) >= 11 is 0. The molecule has 0 aromatic rings. The first kappa shape index (κ1) is 17.8. The zero-order chi connectivity index (χ0) is 13.6. The Hall–Kier alpha value is -0.160. The summed E-state index contributed by atoms with van der Waals surface area (Å²) in [4.78, 5) is 4.59. The van der Waals surface area contributed by atoms with Crippen molar-refractivity contribution in [1.82, 2.24) is 9.80 Å². The van der Waals surface area contributed by atoms with Crippen LogP contribution in [0.2, 0.25) is 0 Å². The zero-order valence-corrected chi connectivity index (χ0v) is 12.3. The van der Waals surface area contributed by atoms with Gasteiger partial charge in [0.2, 0.25) is 0 Å². The molecule has 0 saturated heterocycles. The number of hydrogen-bond acceptors (Lipinski definition) is 4. The maximum Gasteiger partial charge on any atom is 0.0443 e. The van der Waals surface area contributed by atoms with E-state index in [4.69, 9.17) is 10.2 Å². The summed E-state index contributed by atoms with van der Waals surface area (Å²) in [6.07, 6.45) is 6.84. The van der Waals surface area contributed by atoms with Gasteiger partial charge in [0.15, 0.2) is 0 Å². The van der Waals surface area contributed by atoms with E-state index in [1.54, 1.807) is 0 Å². The van der Waals surface area contributed by atoms with Gasteiger partial charge in [0.25, 0.3) is 0 Å². The van der Waals surface area contributed by atoms with Crippen LogP contribution < -0.4 is 0 Å². The number of aliphatic hydroxyl groups is 2. The molecule has 0 fully saturated rings. The molecular weight excluding hydrogens is 228 g/mol. The van der Waals surface area contributed by atoms with Crippen molar-refractivity contribution >= 4 is 0 Å². The van der Waals surface area contributed by atoms with Crippen LogP contribution in [0.5, 0.6) is 0 Å². The maximum absolute atomic E-state index is 8.72. The van der Waals surface area contributed by atoms with Crippen LogP contribution >= 0.6 is 0 Å². The number of unbranched alkanes of at least 4 members (excludes halogenated alkanes) is 3. The van der Waals surface area contributed by atoms with Gasteiger partial charge >= 0.3 is 0 Å². The summed E-state index contributed by atoms with van der Waals surface area (Å²) in [6, 6.07) is 0. The van der Waals surface area contributed by atoms with Crippen molar-refractivity contribution in [3.05, 3.63) is 0 Å². The molecule has 0 atom stereocenters. The smallest absolute Gasteiger partial charge is 0.0443 e. The van der Waals surface area contributed by atoms with Gasteiger partial charge in [0, 0.05) is 26.3 Å². The van der Waals surface area contributed by atoms with Crippen LogP contribution in [0.4, 0.5) is 0 Å². The zero-order valence-electron chi connectivity index (χ0n) is 12.3. The second-order valence-electron chi connectivity index (χ2n) is 5.18. The van der Waals surface area contributed by atoms with Crippen LogP contribution in [-0.2, 0) is 0 Å². The molecule has 0 spiro atoms. The Morgan fingerprint density at radius 1 is 0.556 bits per heavy atom. The van der Waals surface area contributed by atoms with Crippen molar-refractivity contribution in [3.8, 4) is 0 Å². The maximum atomic E-state index is 8.72. The molecule has 18 heavy (non-hydrogen) atoms. The van der Waals surface area contributed by atoms with Crippen molar-refractivity contribution in [3.63, 3.8) is 0 Å². The van der Waals surface area contributed by atoms with Gasteiger partial charge < -0.3 is 20.0 Å². The van der Waals surface area contributed by atoms with Crippen molar-refractivity contribution in [1.29, 1.82) is 0 Å². The van der Waals surface area contributed by atoms with E-state index in [0.717, 1.165) is 39.0 Å². The minimum atomic E-state index is 0.296. The summed E-state index contributed by atoms with van der Waals surface area (Å²) in [5, 5.41) is 17.4. The molecule has 4 nitrogen and oxygen atoms in total. The van der Waals surface area contributed by atoms with Crippen LogP contribution in [0.25, 0.3) is 0 Å². The summed E-state index contributed by atoms with van der Waals surface area (Å²) in [5.41, 5.74) is 0. The Bertz CT molecular complexity index is 150. The molecule has 0 radical (unpaired) electrons. The molecule has 0 aliphatic heterocycles. The third kappa shape index (κ3) is 12.3. The Balaban J connectivity index is 3.19. The Morgan fingerprint density at radius 3 is 1.22 bits per heavy atom. The molecule has 110 valence electrons. The molecule has 0 saturated carbocycles. The fraction of sp³-hybridized carbons (Fsp3) is 1.00. The summed E-state index contributed by atoms with van der Waals surface area (Å²) < 4.78 is 0. The van der Waals surface area contributed by atoms with Gasteiger partial charge in [0.05, 0.1) is 0 Å². The fourth-order valence-corrected chi connectivity index (χ4v) is 2.02. The first-order valence-corrected chi connectivity index (χ1v) is 7.29. The second kappa shape index (κ2) is 13.3. The first-order chi connectivity index (χ1) is 8.70. The molecule has 0 unspecified atom stereocenters. The molecule has 2 N–H and O–H groups in total. The van der Waals surface area contributed by atoms with E-state index in [-0.39, 0.29) is 0 Å². The van der Waals surface area contributed by atoms with E-state index in [2.05, 4.69) is 23.9 Å². The molecule has 0 heterocycles. The lowest BCUT2D eigenvalue weighted by atomic mass is 10.2. The SMILES string of the molecule is CN(CCCO)CCCCCCN(C)CCCO. The topological polar surface area (TPSA) is 46.9 Å². The van der Waals surface area contributed by atoms with Crippen molar-refractivity contribution in [2.24, 2.45) is 0 Å². The van der Waals surface area contributed by atoms with E-state index < -0.39 is 0 Å². The molecule has 0 bridgehead atoms. The van der Waals surface area contributed by atoms with E-state index in [0.29, 0.717) is 13.2 Å². The Labute approximate surface area is 113 Å². The lowest BCUT2D eigenvalue weighted by Gasteiger charge is -2.17. The largest absolute Gasteiger partial charge is 0.396 e. The van der Waals surface area contributed by atoms with Gasteiger partial charge in [-0.05, 0) is 52.9 Å². The standard InChI is InChI=1S/C14H32N2O2/c1-15(11-7-13-17)9-5-3-4-6-10-16(2)12-8-14-18/h17-18H,3-14H2,1-2H3. The predicted molar refractivity (Wildman–Crippen MR) is 76.9 cm³/mol. The molecule has 4 heteroatoms. The third-order valence-electron chi connectivity index (χ3n) is 3.23. The van der Waals surface area contributed by atoms with Crippen LogP contribution in [0.1, 0.15) is 38.5 Å². The average molecular weight is 260 g/mol. The number of rotatable bonds is 13. The highest BCUT2D eigenvalue weighted by molar-refractivity contribution is 4.55. The fourth-order valence-electron chi connectivity index (χ4n) is 2.02. The number of hydrogen-bond donors (Lipinski definition) is 2. The third-order valence-corrected chi connectivity index (χ3v) is 3.23. The van der Waals surface area contributed by atoms with Crippen LogP contribution in [-0.4, -0.2) is 73.5 Å². The Kier molecular flexibility index (Phi) is 13.2. The highest BCUT2D eigenvalue weighted by atomic mass is 16.3. The molecule has 0 rings (SSSR count). The van der Waals surface area contributed by atoms with Gasteiger partial charge in [-0.25, -0.2) is 0 Å². The summed E-state index contributed by atoms with van der Waals surface area (Å²) in [5.74, 6) is 0. The van der Waals surface area contributed by atoms with Gasteiger partial charge in [-0.1, -0.05) is 12.8 Å². The highest BCUT2D eigenvalue weighted by Crippen LogP contribution is 2.02. The number of aliphatic hydroxyl groups excluding tert-OH is 2. The minimum Gasteiger partial charge on any atom is -0.396 e. The highest BCUT2D eigenvalue weighted by Gasteiger charge is 1.99. The number of nitrogens with zero attached hydrogens (tertiary/aromatic N) is 2. The quantitative estimate of drug-likeness (QED) is 0.488. The van der Waals surface area contributed by atoms with Crippen molar-refractivity contribution in [2.45, 2.75) is 38.5 Å². The van der Waals surface area contributed by atoms with E-state index in [1.807, 2.05) is 0 Å². The lowest BCUT2D eigenvalue weighted by molar-refractivity contribution is 0.241. The summed E-state index contributed by atoms with van der Waals surface area (Å²) in [6.45, 7) is 4.87. The average Bonchev–Trinajstić information content (AvgIpc) is 2.37. The van der Waals surface area contributed by atoms with Gasteiger partial charge in [0.1, 0.15) is 0 Å². The Morgan fingerprint density at radius 2 is 0.889 bits per heavy atom. The first-order valence-electron chi connectivity index (χ1n) is 7.29. The van der Waals surface area contributed by atoms with Crippen LogP contribution in [0, 0.1) is 0 Å². The van der Waals surface area contributed by atoms with Crippen molar-refractivity contribution in [2.75, 3.05) is 53.5 Å². The van der Waals surface area contributed by atoms with E-state index in [9.17, 15) is 0 Å². The molecule has 0 aromatic carbocycles. The van der Waals surface area contributed by atoms with Crippen LogP contribution in [0.15, 0.2) is 0 Å². The van der Waals surface area contributed by atoms with Crippen LogP contribution in [0.3, 0.4) is 0 Å². The lowest BCUT2D eigenvalue weighted by Crippen LogP contribution is -2.22. The van der Waals surface area contributed by atoms with Gasteiger partial charge in [-0.2, -0.15) is 0 Å². The normalized spacial score (nSPS) is 11.7. The minimum absolute atomic E-state index is 0.296. The molecule has 0 amide bonds. The molecule has 0 aliphatic carbocycles. The van der Waals surface area contributed by atoms with Crippen molar-refractivity contribution < 1.29 is 10.2 Å². The molecule has 0 aromatic heterocycles. The summed E-state index contributed by atoms with van der Waals surface area (Å²) in [7, 11) is 4.25. The van der Waals surface area contributed by atoms with Gasteiger partial charge in [-0.15, -0.1) is 0 Å². The molecular formula is C14H32N2O2. The molecule has 0 aliphatic rings. The second-order valence-corrected chi connectivity index (χ2v) is 5.18. The predicted octanol–water partition coefficient (Wildman–Crippen LogP) is 1.18. The monoisotopic (exact) mass is 260 g/mol.